The maximum absolute atomic E-state index is 12.3. The van der Waals surface area contributed by atoms with Crippen LogP contribution in [-0.4, -0.2) is 24.8 Å². The second-order valence-electron chi connectivity index (χ2n) is 6.36. The van der Waals surface area contributed by atoms with E-state index < -0.39 is 5.60 Å². The normalized spacial score (nSPS) is 14.8. The molecular weight excluding hydrogens is 254 g/mol. The van der Waals surface area contributed by atoms with Crippen molar-refractivity contribution in [2.75, 3.05) is 18.1 Å². The molecule has 0 fully saturated rings. The van der Waals surface area contributed by atoms with Gasteiger partial charge in [0, 0.05) is 0 Å². The van der Waals surface area contributed by atoms with Crippen LogP contribution in [0, 0.1) is 0 Å². The Morgan fingerprint density at radius 1 is 1.35 bits per heavy atom. The highest BCUT2D eigenvalue weighted by molar-refractivity contribution is 5.90. The molecule has 0 N–H and O–H groups in total. The molecule has 0 radical (unpaired) electrons. The Hall–Kier alpha value is -1.71. The minimum atomic E-state index is -0.495. The van der Waals surface area contributed by atoms with Gasteiger partial charge in [-0.25, -0.2) is 4.79 Å². The van der Waals surface area contributed by atoms with E-state index in [1.54, 1.807) is 4.90 Å². The van der Waals surface area contributed by atoms with Crippen LogP contribution in [0.15, 0.2) is 18.2 Å². The molecule has 20 heavy (non-hydrogen) atoms. The van der Waals surface area contributed by atoms with Crippen molar-refractivity contribution < 1.29 is 14.3 Å². The first-order valence-corrected chi connectivity index (χ1v) is 7.05. The summed E-state index contributed by atoms with van der Waals surface area (Å²) in [5, 5.41) is 0. The lowest BCUT2D eigenvalue weighted by molar-refractivity contribution is 0.0568. The van der Waals surface area contributed by atoms with Crippen LogP contribution >= 0.6 is 0 Å². The van der Waals surface area contributed by atoms with Gasteiger partial charge in [-0.1, -0.05) is 19.9 Å². The molecule has 0 spiro atoms. The highest BCUT2D eigenvalue weighted by Gasteiger charge is 2.28. The smallest absolute Gasteiger partial charge is 0.415 e. The summed E-state index contributed by atoms with van der Waals surface area (Å²) >= 11 is 0. The topological polar surface area (TPSA) is 38.8 Å². The highest BCUT2D eigenvalue weighted by Crippen LogP contribution is 2.35. The van der Waals surface area contributed by atoms with Crippen LogP contribution in [0.3, 0.4) is 0 Å². The number of fused-ring (bicyclic) bond motifs is 1. The monoisotopic (exact) mass is 277 g/mol. The molecule has 0 bridgehead atoms. The van der Waals surface area contributed by atoms with E-state index in [2.05, 4.69) is 13.8 Å². The van der Waals surface area contributed by atoms with E-state index >= 15 is 0 Å². The predicted octanol–water partition coefficient (Wildman–Crippen LogP) is 3.94. The first-order chi connectivity index (χ1) is 9.28. The van der Waals surface area contributed by atoms with Crippen LogP contribution < -0.4 is 9.64 Å². The molecule has 1 aliphatic rings. The summed E-state index contributed by atoms with van der Waals surface area (Å²) in [6.07, 6.45) is -0.317. The first-order valence-electron chi connectivity index (χ1n) is 7.05. The first kappa shape index (κ1) is 14.7. The SMILES string of the molecule is CC(C)c1ccc2c(c1)N(C(=O)OC(C)(C)C)CCO2. The Kier molecular flexibility index (Phi) is 3.93. The van der Waals surface area contributed by atoms with Crippen molar-refractivity contribution in [2.24, 2.45) is 0 Å². The van der Waals surface area contributed by atoms with E-state index in [9.17, 15) is 4.79 Å². The maximum atomic E-state index is 12.3. The van der Waals surface area contributed by atoms with Crippen molar-refractivity contribution in [3.05, 3.63) is 23.8 Å². The fraction of sp³-hybridized carbons (Fsp3) is 0.562. The number of nitrogens with zero attached hydrogens (tertiary/aromatic N) is 1. The van der Waals surface area contributed by atoms with Crippen molar-refractivity contribution in [1.29, 1.82) is 0 Å². The zero-order valence-electron chi connectivity index (χ0n) is 12.9. The van der Waals surface area contributed by atoms with E-state index in [0.29, 0.717) is 19.1 Å². The summed E-state index contributed by atoms with van der Waals surface area (Å²) in [5.74, 6) is 1.15. The third-order valence-corrected chi connectivity index (χ3v) is 3.13. The van der Waals surface area contributed by atoms with Gasteiger partial charge >= 0.3 is 6.09 Å². The van der Waals surface area contributed by atoms with Crippen molar-refractivity contribution >= 4 is 11.8 Å². The van der Waals surface area contributed by atoms with E-state index in [4.69, 9.17) is 9.47 Å². The number of carbonyl (C=O) groups is 1. The van der Waals surface area contributed by atoms with E-state index in [1.807, 2.05) is 39.0 Å². The molecule has 0 atom stereocenters. The number of hydrogen-bond donors (Lipinski definition) is 0. The number of ether oxygens (including phenoxy) is 2. The van der Waals surface area contributed by atoms with Gasteiger partial charge in [-0.05, 0) is 44.4 Å². The van der Waals surface area contributed by atoms with Gasteiger partial charge in [-0.3, -0.25) is 4.90 Å². The van der Waals surface area contributed by atoms with Crippen molar-refractivity contribution in [3.8, 4) is 5.75 Å². The predicted molar refractivity (Wildman–Crippen MR) is 79.6 cm³/mol. The fourth-order valence-electron chi connectivity index (χ4n) is 2.10. The molecule has 1 heterocycles. The summed E-state index contributed by atoms with van der Waals surface area (Å²) in [6.45, 7) is 10.9. The van der Waals surface area contributed by atoms with E-state index in [0.717, 1.165) is 11.4 Å². The largest absolute Gasteiger partial charge is 0.490 e. The summed E-state index contributed by atoms with van der Waals surface area (Å²) in [7, 11) is 0. The second kappa shape index (κ2) is 5.35. The van der Waals surface area contributed by atoms with Crippen LogP contribution in [0.2, 0.25) is 0 Å². The van der Waals surface area contributed by atoms with Crippen LogP contribution in [-0.2, 0) is 4.74 Å². The summed E-state index contributed by atoms with van der Waals surface area (Å²) in [5.41, 5.74) is 1.49. The van der Waals surface area contributed by atoms with E-state index in [1.165, 1.54) is 5.56 Å². The number of anilines is 1. The molecule has 110 valence electrons. The van der Waals surface area contributed by atoms with Crippen molar-refractivity contribution in [2.45, 2.75) is 46.1 Å². The molecule has 0 aromatic heterocycles. The third-order valence-electron chi connectivity index (χ3n) is 3.13. The summed E-state index contributed by atoms with van der Waals surface area (Å²) in [6, 6.07) is 5.99. The average molecular weight is 277 g/mol. The molecule has 0 saturated carbocycles. The molecular formula is C16H23NO3. The Balaban J connectivity index is 2.31. The average Bonchev–Trinajstić information content (AvgIpc) is 2.35. The number of hydrogen-bond acceptors (Lipinski definition) is 3. The second-order valence-corrected chi connectivity index (χ2v) is 6.36. The number of carbonyl (C=O) groups excluding carboxylic acids is 1. The lowest BCUT2D eigenvalue weighted by Crippen LogP contribution is -2.41. The summed E-state index contributed by atoms with van der Waals surface area (Å²) in [4.78, 5) is 14.0. The minimum Gasteiger partial charge on any atom is -0.490 e. The molecule has 1 amide bonds. The molecule has 0 aliphatic carbocycles. The van der Waals surface area contributed by atoms with Crippen LogP contribution in [0.4, 0.5) is 10.5 Å². The maximum Gasteiger partial charge on any atom is 0.415 e. The Morgan fingerprint density at radius 2 is 2.05 bits per heavy atom. The lowest BCUT2D eigenvalue weighted by atomic mass is 10.0. The van der Waals surface area contributed by atoms with Gasteiger partial charge in [0.2, 0.25) is 0 Å². The molecule has 1 aromatic carbocycles. The molecule has 4 nitrogen and oxygen atoms in total. The van der Waals surface area contributed by atoms with Crippen molar-refractivity contribution in [3.63, 3.8) is 0 Å². The quantitative estimate of drug-likeness (QED) is 0.780. The molecule has 0 saturated heterocycles. The van der Waals surface area contributed by atoms with Gasteiger partial charge in [0.25, 0.3) is 0 Å². The van der Waals surface area contributed by atoms with E-state index in [-0.39, 0.29) is 6.09 Å². The summed E-state index contributed by atoms with van der Waals surface area (Å²) < 4.78 is 11.1. The van der Waals surface area contributed by atoms with Gasteiger partial charge < -0.3 is 9.47 Å². The lowest BCUT2D eigenvalue weighted by Gasteiger charge is -2.32. The van der Waals surface area contributed by atoms with Gasteiger partial charge in [-0.15, -0.1) is 0 Å². The molecule has 1 aromatic rings. The minimum absolute atomic E-state index is 0.317. The van der Waals surface area contributed by atoms with Gasteiger partial charge in [0.1, 0.15) is 18.0 Å². The highest BCUT2D eigenvalue weighted by atomic mass is 16.6. The van der Waals surface area contributed by atoms with Crippen LogP contribution in [0.1, 0.15) is 46.1 Å². The number of rotatable bonds is 1. The van der Waals surface area contributed by atoms with Gasteiger partial charge in [-0.2, -0.15) is 0 Å². The Morgan fingerprint density at radius 3 is 2.65 bits per heavy atom. The molecule has 2 rings (SSSR count). The number of amides is 1. The standard InChI is InChI=1S/C16H23NO3/c1-11(2)12-6-7-14-13(10-12)17(8-9-19-14)15(18)20-16(3,4)5/h6-7,10-11H,8-9H2,1-5H3. The molecule has 1 aliphatic heterocycles. The Bertz CT molecular complexity index is 503. The van der Waals surface area contributed by atoms with Crippen molar-refractivity contribution in [1.82, 2.24) is 0 Å². The number of benzene rings is 1. The molecule has 0 unspecified atom stereocenters. The van der Waals surface area contributed by atoms with Gasteiger partial charge in [0.05, 0.1) is 12.2 Å². The third kappa shape index (κ3) is 3.24. The zero-order valence-corrected chi connectivity index (χ0v) is 12.9. The molecule has 4 heteroatoms. The fourth-order valence-corrected chi connectivity index (χ4v) is 2.10. The van der Waals surface area contributed by atoms with Crippen LogP contribution in [0.5, 0.6) is 5.75 Å². The zero-order chi connectivity index (χ0) is 14.9. The van der Waals surface area contributed by atoms with Gasteiger partial charge in [0.15, 0.2) is 0 Å². The van der Waals surface area contributed by atoms with Crippen LogP contribution in [0.25, 0.3) is 0 Å². The Labute approximate surface area is 120 Å².